The van der Waals surface area contributed by atoms with Crippen LogP contribution in [0, 0.1) is 5.82 Å². The van der Waals surface area contributed by atoms with Gasteiger partial charge in [-0.2, -0.15) is 9.13 Å². The van der Waals surface area contributed by atoms with E-state index in [1.54, 1.807) is 65.6 Å². The fourth-order valence-corrected chi connectivity index (χ4v) is 9.67. The number of amides is 2. The maximum atomic E-state index is 14.1. The van der Waals surface area contributed by atoms with Crippen LogP contribution in [0.4, 0.5) is 4.39 Å². The van der Waals surface area contributed by atoms with E-state index in [1.807, 2.05) is 125 Å². The highest BCUT2D eigenvalue weighted by Crippen LogP contribution is 2.20. The monoisotopic (exact) mass is 1360 g/mol. The van der Waals surface area contributed by atoms with Gasteiger partial charge in [-0.1, -0.05) is 105 Å². The van der Waals surface area contributed by atoms with Crippen LogP contribution >= 0.6 is 0 Å². The molecule has 0 unspecified atom stereocenters. The molecule has 0 fully saturated rings. The van der Waals surface area contributed by atoms with Crippen LogP contribution in [-0.2, 0) is 26.2 Å². The first kappa shape index (κ1) is 73.5. The van der Waals surface area contributed by atoms with Gasteiger partial charge in [0.05, 0.1) is 11.1 Å². The largest absolute Gasteiger partial charge is 1.00 e. The second-order valence-electron chi connectivity index (χ2n) is 21.5. The van der Waals surface area contributed by atoms with Crippen LogP contribution in [-0.4, -0.2) is 107 Å². The molecule has 0 aliphatic rings. The number of benzene rings is 4. The van der Waals surface area contributed by atoms with E-state index in [4.69, 9.17) is 0 Å². The molecule has 2 amide bonds. The van der Waals surface area contributed by atoms with E-state index in [-0.39, 0.29) is 57.8 Å². The smallest absolute Gasteiger partial charge is 0.488 e. The molecular weight excluding hydrogens is 1290 g/mol. The van der Waals surface area contributed by atoms with Gasteiger partial charge in [0.25, 0.3) is 11.8 Å². The molecule has 0 saturated heterocycles. The van der Waals surface area contributed by atoms with Crippen LogP contribution in [0.15, 0.2) is 226 Å². The molecule has 0 aliphatic carbocycles. The van der Waals surface area contributed by atoms with Crippen molar-refractivity contribution in [2.45, 2.75) is 52.9 Å². The maximum Gasteiger partial charge on any atom is 0.488 e. The van der Waals surface area contributed by atoms with Crippen molar-refractivity contribution in [2.75, 3.05) is 26.2 Å². The predicted octanol–water partition coefficient (Wildman–Crippen LogP) is -5.48. The van der Waals surface area contributed by atoms with E-state index >= 15 is 0 Å². The zero-order valence-corrected chi connectivity index (χ0v) is 53.9. The normalized spacial score (nSPS) is 10.5. The van der Waals surface area contributed by atoms with Crippen molar-refractivity contribution in [3.8, 4) is 22.3 Å². The fraction of sp³-hybridized carbons (Fsp3) is 0.182. The Morgan fingerprint density at radius 1 is 0.407 bits per heavy atom. The number of hydrogen-bond acceptors (Lipinski definition) is 12. The molecule has 25 heteroatoms. The van der Waals surface area contributed by atoms with Crippen LogP contribution in [0.1, 0.15) is 69.7 Å². The zero-order valence-electron chi connectivity index (χ0n) is 50.8. The lowest BCUT2D eigenvalue weighted by Crippen LogP contribution is -3.00. The van der Waals surface area contributed by atoms with Crippen LogP contribution in [0.2, 0.25) is 0 Å². The Labute approximate surface area is 552 Å². The van der Waals surface area contributed by atoms with Gasteiger partial charge >= 0.3 is 28.5 Å². The van der Waals surface area contributed by atoms with Gasteiger partial charge in [-0.25, -0.2) is 13.5 Å². The third-order valence-corrected chi connectivity index (χ3v) is 14.6. The number of halogens is 3. The summed E-state index contributed by atoms with van der Waals surface area (Å²) < 4.78 is 21.6. The average molecular weight is 1360 g/mol. The summed E-state index contributed by atoms with van der Waals surface area (Å²) in [5.74, 6) is -1.05. The van der Waals surface area contributed by atoms with Gasteiger partial charge in [-0.3, -0.25) is 9.59 Å². The lowest BCUT2D eigenvalue weighted by Gasteiger charge is -2.11. The topological polar surface area (TPSA) is 260 Å². The summed E-state index contributed by atoms with van der Waals surface area (Å²) in [5, 5.41) is 90.8. The van der Waals surface area contributed by atoms with Gasteiger partial charge in [0, 0.05) is 83.6 Å². The molecule has 0 atom stereocenters. The molecule has 0 aliphatic heterocycles. The predicted molar refractivity (Wildman–Crippen MR) is 344 cm³/mol. The minimum atomic E-state index is -1.79. The number of hydrogen-bond donors (Lipinski definition) is 12. The molecule has 470 valence electrons. The number of pyridine rings is 4. The Morgan fingerprint density at radius 3 is 1.22 bits per heavy atom. The third kappa shape index (κ3) is 22.0. The second kappa shape index (κ2) is 36.0. The van der Waals surface area contributed by atoms with E-state index in [0.29, 0.717) is 103 Å². The molecule has 4 aromatic carbocycles. The van der Waals surface area contributed by atoms with Crippen LogP contribution in [0.3, 0.4) is 0 Å². The lowest BCUT2D eigenvalue weighted by molar-refractivity contribution is -0.689. The Morgan fingerprint density at radius 2 is 0.780 bits per heavy atom. The summed E-state index contributed by atoms with van der Waals surface area (Å²) in [6, 6.07) is 36.2. The van der Waals surface area contributed by atoms with Crippen molar-refractivity contribution in [3.63, 3.8) is 0 Å². The lowest BCUT2D eigenvalue weighted by atomic mass is 9.77. The van der Waals surface area contributed by atoms with Crippen molar-refractivity contribution in [3.05, 3.63) is 265 Å². The van der Waals surface area contributed by atoms with Gasteiger partial charge in [-0.05, 0) is 95.6 Å². The molecule has 8 rings (SSSR count). The molecule has 12 N–H and O–H groups in total. The number of carbonyl (C=O) groups excluding carboxylic acids is 2. The quantitative estimate of drug-likeness (QED) is 0.00951. The minimum Gasteiger partial charge on any atom is -1.00 e. The molecular formula is C66H75B4Br2FN8O10+2. The van der Waals surface area contributed by atoms with E-state index in [1.165, 1.54) is 12.1 Å². The highest BCUT2D eigenvalue weighted by atomic mass is 79.9. The summed E-state index contributed by atoms with van der Waals surface area (Å²) in [6.45, 7) is 22.6. The van der Waals surface area contributed by atoms with Crippen LogP contribution in [0.5, 0.6) is 0 Å². The minimum absolute atomic E-state index is 0. The van der Waals surface area contributed by atoms with Crippen molar-refractivity contribution in [1.29, 1.82) is 0 Å². The van der Waals surface area contributed by atoms with E-state index in [0.717, 1.165) is 56.4 Å². The van der Waals surface area contributed by atoms with Gasteiger partial charge in [0.15, 0.2) is 75.8 Å². The fourth-order valence-electron chi connectivity index (χ4n) is 9.67. The van der Waals surface area contributed by atoms with Crippen LogP contribution in [0.25, 0.3) is 22.3 Å². The van der Waals surface area contributed by atoms with Crippen molar-refractivity contribution >= 4 is 62.1 Å². The summed E-state index contributed by atoms with van der Waals surface area (Å²) >= 11 is 0. The summed E-state index contributed by atoms with van der Waals surface area (Å²) in [5.41, 5.74) is 11.2. The van der Waals surface area contributed by atoms with Gasteiger partial charge in [-0.15, -0.1) is 0 Å². The van der Waals surface area contributed by atoms with Crippen molar-refractivity contribution in [1.82, 2.24) is 21.3 Å². The van der Waals surface area contributed by atoms with Crippen molar-refractivity contribution < 1.29 is 106 Å². The molecule has 0 spiro atoms. The summed E-state index contributed by atoms with van der Waals surface area (Å²) in [7, 11) is -6.57. The molecule has 0 radical (unpaired) electrons. The number of nitrogens with zero attached hydrogens (tertiary/aromatic N) is 4. The molecule has 0 bridgehead atoms. The Kier molecular flexibility index (Phi) is 29.1. The molecule has 4 heterocycles. The average Bonchev–Trinajstić information content (AvgIpc) is 1.09. The molecule has 91 heavy (non-hydrogen) atoms. The standard InChI is InChI=1S/C33H36B2FN4O5.C33H37B2N4O5.2BrH/c1-23(2)24(3)37-13-6-14-38-33(41)29-17-27(20-40(22-29)21-28-18-30(36)9-10-32(28)35(44)45)25-11-15-39(16-12-25)19-26-7-4-5-8-31(26)34(42)43;1-24(2)25(3)36-15-9-16-37-33(40)30-18-29(22-39(23-30)21-28-11-5-7-14-32(28)35(43)44)26-12-8-17-38(19-26)20-27-10-4-6-13-31(27)34(41)42;;/h4-5,7-12,15-18,20,22,37,42-45H,1,3,6,13-14,19,21H2,2H3;4-8,10-14,17-19,22-23,36,41-44H,1,3,9,15-16,20-21H2,2H3;2*1H/q2*+1;;. The van der Waals surface area contributed by atoms with E-state index in [2.05, 4.69) is 47.6 Å². The summed E-state index contributed by atoms with van der Waals surface area (Å²) in [6.07, 6.45) is 16.0. The van der Waals surface area contributed by atoms with Gasteiger partial charge in [0.2, 0.25) is 0 Å². The highest BCUT2D eigenvalue weighted by Gasteiger charge is 2.25. The first-order chi connectivity index (χ1) is 42.6. The second-order valence-corrected chi connectivity index (χ2v) is 21.5. The van der Waals surface area contributed by atoms with Gasteiger partial charge in [0.1, 0.15) is 16.9 Å². The molecule has 18 nitrogen and oxygen atoms in total. The van der Waals surface area contributed by atoms with E-state index in [9.17, 15) is 54.2 Å². The van der Waals surface area contributed by atoms with E-state index < -0.39 is 34.3 Å². The van der Waals surface area contributed by atoms with Crippen LogP contribution < -0.4 is 95.3 Å². The molecule has 8 aromatic rings. The SMILES string of the molecule is C=C(C)C(=C)NCCCNC(=O)c1cc(-c2cc[n+](Cc3ccccc3B(O)O)cc2)c[n+](Cc2cc(F)ccc2B(O)O)c1.C=C(C)C(=C)NCCCNC(=O)c1cc(-c2ccc[n+](Cc3ccccc3B(O)O)c2)c[n+](Cc2ccccc2B(O)O)c1.[Br-].[Br-]. The van der Waals surface area contributed by atoms with Crippen molar-refractivity contribution in [2.24, 2.45) is 0 Å². The summed E-state index contributed by atoms with van der Waals surface area (Å²) in [4.78, 5) is 26.6. The first-order valence-electron chi connectivity index (χ1n) is 28.9. The number of aromatic nitrogens is 4. The zero-order chi connectivity index (χ0) is 64.1. The van der Waals surface area contributed by atoms with Gasteiger partial charge < -0.3 is 95.4 Å². The molecule has 4 aromatic heterocycles. The molecule has 0 saturated carbocycles. The Hall–Kier alpha value is -8.19. The Balaban J connectivity index is 0.000000324. The third-order valence-electron chi connectivity index (χ3n) is 14.6. The first-order valence-corrected chi connectivity index (χ1v) is 28.9. The number of allylic oxidation sites excluding steroid dienone is 2. The number of rotatable bonds is 28. The highest BCUT2D eigenvalue weighted by molar-refractivity contribution is 6.60. The Bertz CT molecular complexity index is 3830. The number of carbonyl (C=O) groups is 2. The number of nitrogens with one attached hydrogen (secondary N) is 4. The maximum absolute atomic E-state index is 14.1.